The van der Waals surface area contributed by atoms with Crippen molar-refractivity contribution in [2.24, 2.45) is 5.41 Å². The zero-order valence-corrected chi connectivity index (χ0v) is 12.4. The summed E-state index contributed by atoms with van der Waals surface area (Å²) in [5.41, 5.74) is 0.460. The molecular weight excluding hydrogens is 273 g/mol. The summed E-state index contributed by atoms with van der Waals surface area (Å²) in [7, 11) is 0. The van der Waals surface area contributed by atoms with E-state index in [2.05, 4.69) is 26.1 Å². The maximum atomic E-state index is 13.7. The van der Waals surface area contributed by atoms with Gasteiger partial charge < -0.3 is 10.4 Å². The molecule has 0 atom stereocenters. The molecule has 1 aromatic carbocycles. The summed E-state index contributed by atoms with van der Waals surface area (Å²) in [6, 6.07) is 3.96. The molecule has 0 aliphatic rings. The van der Waals surface area contributed by atoms with Gasteiger partial charge in [0.25, 0.3) is 5.91 Å². The van der Waals surface area contributed by atoms with Crippen LogP contribution < -0.4 is 5.32 Å². The molecule has 2 N–H and O–H groups in total. The lowest BCUT2D eigenvalue weighted by atomic mass is 9.92. The molecule has 0 fully saturated rings. The van der Waals surface area contributed by atoms with Gasteiger partial charge in [0.1, 0.15) is 5.82 Å². The number of carbonyl (C=O) groups is 2. The van der Waals surface area contributed by atoms with Gasteiger partial charge in [0, 0.05) is 23.7 Å². The van der Waals surface area contributed by atoms with Crippen LogP contribution in [0, 0.1) is 11.2 Å². The van der Waals surface area contributed by atoms with Gasteiger partial charge in [-0.05, 0) is 30.0 Å². The molecule has 0 heterocycles. The maximum Gasteiger partial charge on any atom is 0.328 e. The molecular formula is C16H20FNO3. The monoisotopic (exact) mass is 293 g/mol. The molecule has 0 aliphatic carbocycles. The number of hydrogen-bond donors (Lipinski definition) is 2. The molecule has 1 aromatic rings. The topological polar surface area (TPSA) is 66.4 Å². The minimum atomic E-state index is -1.15. The number of carbonyl (C=O) groups excluding carboxylic acids is 1. The maximum absolute atomic E-state index is 13.7. The third kappa shape index (κ3) is 6.21. The van der Waals surface area contributed by atoms with E-state index in [1.165, 1.54) is 12.1 Å². The summed E-state index contributed by atoms with van der Waals surface area (Å²) in [5.74, 6) is -2.12. The fourth-order valence-corrected chi connectivity index (χ4v) is 1.62. The number of carboxylic acids is 1. The molecule has 5 heteroatoms. The van der Waals surface area contributed by atoms with Crippen molar-refractivity contribution in [3.8, 4) is 0 Å². The predicted octanol–water partition coefficient (Wildman–Crippen LogP) is 3.09. The van der Waals surface area contributed by atoms with Crippen molar-refractivity contribution in [1.29, 1.82) is 0 Å². The van der Waals surface area contributed by atoms with Crippen molar-refractivity contribution in [3.63, 3.8) is 0 Å². The Morgan fingerprint density at radius 3 is 2.52 bits per heavy atom. The Kier molecular flexibility index (Phi) is 5.64. The average molecular weight is 293 g/mol. The van der Waals surface area contributed by atoms with E-state index in [0.717, 1.165) is 24.6 Å². The number of hydrogen-bond acceptors (Lipinski definition) is 2. The first kappa shape index (κ1) is 16.9. The molecule has 0 spiro atoms. The molecule has 21 heavy (non-hydrogen) atoms. The first-order valence-corrected chi connectivity index (χ1v) is 6.68. The summed E-state index contributed by atoms with van der Waals surface area (Å²) in [6.07, 6.45) is 2.82. The van der Waals surface area contributed by atoms with E-state index in [1.807, 2.05) is 0 Å². The molecule has 0 aliphatic heterocycles. The highest BCUT2D eigenvalue weighted by Crippen LogP contribution is 2.17. The van der Waals surface area contributed by atoms with Gasteiger partial charge in [-0.2, -0.15) is 0 Å². The van der Waals surface area contributed by atoms with Crippen LogP contribution in [-0.4, -0.2) is 23.5 Å². The number of carboxylic acid groups (broad SMARTS) is 1. The van der Waals surface area contributed by atoms with Crippen LogP contribution in [0.5, 0.6) is 0 Å². The Morgan fingerprint density at radius 2 is 2.00 bits per heavy atom. The minimum Gasteiger partial charge on any atom is -0.478 e. The third-order valence-corrected chi connectivity index (χ3v) is 2.83. The van der Waals surface area contributed by atoms with E-state index in [1.54, 1.807) is 0 Å². The summed E-state index contributed by atoms with van der Waals surface area (Å²) in [4.78, 5) is 22.3. The highest BCUT2D eigenvalue weighted by Gasteiger charge is 2.12. The average Bonchev–Trinajstić information content (AvgIpc) is 2.35. The van der Waals surface area contributed by atoms with Crippen LogP contribution in [0.3, 0.4) is 0 Å². The molecule has 0 unspecified atom stereocenters. The van der Waals surface area contributed by atoms with Crippen molar-refractivity contribution in [3.05, 3.63) is 41.2 Å². The third-order valence-electron chi connectivity index (χ3n) is 2.83. The van der Waals surface area contributed by atoms with Crippen LogP contribution >= 0.6 is 0 Å². The van der Waals surface area contributed by atoms with Gasteiger partial charge in [-0.25, -0.2) is 9.18 Å². The lowest BCUT2D eigenvalue weighted by Crippen LogP contribution is -2.27. The van der Waals surface area contributed by atoms with E-state index < -0.39 is 11.8 Å². The Hall–Kier alpha value is -2.17. The van der Waals surface area contributed by atoms with Crippen LogP contribution in [0.1, 0.15) is 43.1 Å². The van der Waals surface area contributed by atoms with Crippen LogP contribution in [0.4, 0.5) is 4.39 Å². The summed E-state index contributed by atoms with van der Waals surface area (Å²) in [6.45, 7) is 6.73. The standard InChI is InChI=1S/C16H20FNO3/c1-16(2,3)8-9-18-15(21)12-5-4-11(13(17)10-12)6-7-14(19)20/h4-7,10H,8-9H2,1-3H3,(H,18,21)(H,19,20)/b7-6+. The summed E-state index contributed by atoms with van der Waals surface area (Å²) in [5, 5.41) is 11.2. The Morgan fingerprint density at radius 1 is 1.33 bits per heavy atom. The number of amides is 1. The second-order valence-electron chi connectivity index (χ2n) is 5.97. The summed E-state index contributed by atoms with van der Waals surface area (Å²) < 4.78 is 13.7. The molecule has 0 aromatic heterocycles. The predicted molar refractivity (Wildman–Crippen MR) is 79.5 cm³/mol. The Balaban J connectivity index is 2.70. The molecule has 0 radical (unpaired) electrons. The van der Waals surface area contributed by atoms with Gasteiger partial charge in [-0.3, -0.25) is 4.79 Å². The van der Waals surface area contributed by atoms with Crippen molar-refractivity contribution in [2.45, 2.75) is 27.2 Å². The Labute approximate surface area is 123 Å². The second kappa shape index (κ2) is 7.02. The van der Waals surface area contributed by atoms with Gasteiger partial charge in [-0.1, -0.05) is 26.8 Å². The molecule has 4 nitrogen and oxygen atoms in total. The van der Waals surface area contributed by atoms with E-state index in [-0.39, 0.29) is 22.4 Å². The molecule has 1 amide bonds. The molecule has 114 valence electrons. The van der Waals surface area contributed by atoms with Gasteiger partial charge >= 0.3 is 5.97 Å². The van der Waals surface area contributed by atoms with Crippen LogP contribution in [0.2, 0.25) is 0 Å². The first-order chi connectivity index (χ1) is 9.69. The van der Waals surface area contributed by atoms with E-state index >= 15 is 0 Å². The van der Waals surface area contributed by atoms with E-state index in [4.69, 9.17) is 5.11 Å². The van der Waals surface area contributed by atoms with Gasteiger partial charge in [-0.15, -0.1) is 0 Å². The largest absolute Gasteiger partial charge is 0.478 e. The molecule has 0 saturated carbocycles. The van der Waals surface area contributed by atoms with Crippen molar-refractivity contribution in [1.82, 2.24) is 5.32 Å². The number of nitrogens with one attached hydrogen (secondary N) is 1. The van der Waals surface area contributed by atoms with Gasteiger partial charge in [0.2, 0.25) is 0 Å². The smallest absolute Gasteiger partial charge is 0.328 e. The van der Waals surface area contributed by atoms with Crippen LogP contribution in [-0.2, 0) is 4.79 Å². The number of aliphatic carboxylic acids is 1. The van der Waals surface area contributed by atoms with E-state index in [0.29, 0.717) is 6.54 Å². The van der Waals surface area contributed by atoms with Crippen molar-refractivity contribution in [2.75, 3.05) is 6.54 Å². The normalized spacial score (nSPS) is 11.6. The van der Waals surface area contributed by atoms with Gasteiger partial charge in [0.05, 0.1) is 0 Å². The highest BCUT2D eigenvalue weighted by atomic mass is 19.1. The van der Waals surface area contributed by atoms with Crippen molar-refractivity contribution >= 4 is 18.0 Å². The molecule has 0 bridgehead atoms. The lowest BCUT2D eigenvalue weighted by Gasteiger charge is -2.18. The van der Waals surface area contributed by atoms with Crippen molar-refractivity contribution < 1.29 is 19.1 Å². The van der Waals surface area contributed by atoms with E-state index in [9.17, 15) is 14.0 Å². The van der Waals surface area contributed by atoms with Crippen LogP contribution in [0.15, 0.2) is 24.3 Å². The number of benzene rings is 1. The zero-order valence-electron chi connectivity index (χ0n) is 12.4. The number of rotatable bonds is 5. The Bertz CT molecular complexity index is 559. The summed E-state index contributed by atoms with van der Waals surface area (Å²) >= 11 is 0. The van der Waals surface area contributed by atoms with Gasteiger partial charge in [0.15, 0.2) is 0 Å². The zero-order chi connectivity index (χ0) is 16.0. The fourth-order valence-electron chi connectivity index (χ4n) is 1.62. The second-order valence-corrected chi connectivity index (χ2v) is 5.97. The first-order valence-electron chi connectivity index (χ1n) is 6.68. The quantitative estimate of drug-likeness (QED) is 0.820. The SMILES string of the molecule is CC(C)(C)CCNC(=O)c1ccc(/C=C/C(=O)O)c(F)c1. The minimum absolute atomic E-state index is 0.115. The molecule has 0 saturated heterocycles. The molecule has 1 rings (SSSR count). The lowest BCUT2D eigenvalue weighted by molar-refractivity contribution is -0.131. The highest BCUT2D eigenvalue weighted by molar-refractivity contribution is 5.94. The van der Waals surface area contributed by atoms with Crippen LogP contribution in [0.25, 0.3) is 6.08 Å². The fraction of sp³-hybridized carbons (Fsp3) is 0.375. The number of halogens is 1.